The van der Waals surface area contributed by atoms with Gasteiger partial charge in [0.1, 0.15) is 6.10 Å². The fourth-order valence-electron chi connectivity index (χ4n) is 2.34. The van der Waals surface area contributed by atoms with Gasteiger partial charge in [0.15, 0.2) is 5.76 Å². The quantitative estimate of drug-likeness (QED) is 0.843. The molecule has 0 spiro atoms. The van der Waals surface area contributed by atoms with Crippen molar-refractivity contribution in [1.29, 1.82) is 0 Å². The number of hydrogen-bond acceptors (Lipinski definition) is 3. The monoisotopic (exact) mass is 325 g/mol. The maximum atomic E-state index is 12.3. The van der Waals surface area contributed by atoms with Gasteiger partial charge < -0.3 is 14.1 Å². The first-order valence-corrected chi connectivity index (χ1v) is 7.30. The third-order valence-corrected chi connectivity index (χ3v) is 3.96. The topological polar surface area (TPSA) is 42.7 Å². The molecular formula is C15H13Cl2NO3. The zero-order valence-electron chi connectivity index (χ0n) is 11.1. The number of rotatable bonds is 2. The van der Waals surface area contributed by atoms with Gasteiger partial charge >= 0.3 is 0 Å². The van der Waals surface area contributed by atoms with Crippen LogP contribution in [0.2, 0.25) is 10.0 Å². The van der Waals surface area contributed by atoms with Gasteiger partial charge in [-0.05, 0) is 24.3 Å². The van der Waals surface area contributed by atoms with Crippen LogP contribution in [0.5, 0.6) is 0 Å². The summed E-state index contributed by atoms with van der Waals surface area (Å²) in [7, 11) is 0. The summed E-state index contributed by atoms with van der Waals surface area (Å²) >= 11 is 12.1. The Morgan fingerprint density at radius 3 is 2.86 bits per heavy atom. The minimum absolute atomic E-state index is 0.140. The number of benzene rings is 1. The van der Waals surface area contributed by atoms with E-state index >= 15 is 0 Å². The number of hydrogen-bond donors (Lipinski definition) is 0. The predicted molar refractivity (Wildman–Crippen MR) is 79.8 cm³/mol. The molecular weight excluding hydrogens is 313 g/mol. The fourth-order valence-corrected chi connectivity index (χ4v) is 2.87. The van der Waals surface area contributed by atoms with Crippen LogP contribution >= 0.6 is 23.2 Å². The highest BCUT2D eigenvalue weighted by Crippen LogP contribution is 2.31. The molecule has 0 N–H and O–H groups in total. The van der Waals surface area contributed by atoms with Gasteiger partial charge in [0.2, 0.25) is 0 Å². The summed E-state index contributed by atoms with van der Waals surface area (Å²) in [6.45, 7) is 1.41. The third kappa shape index (κ3) is 3.07. The van der Waals surface area contributed by atoms with Crippen molar-refractivity contribution < 1.29 is 13.9 Å². The smallest absolute Gasteiger partial charge is 0.289 e. The van der Waals surface area contributed by atoms with Crippen molar-refractivity contribution in [3.8, 4) is 0 Å². The molecule has 0 saturated carbocycles. The lowest BCUT2D eigenvalue weighted by molar-refractivity contribution is -0.0237. The summed E-state index contributed by atoms with van der Waals surface area (Å²) in [5.41, 5.74) is 0.831. The van der Waals surface area contributed by atoms with Crippen LogP contribution in [0.4, 0.5) is 0 Å². The number of furan rings is 1. The molecule has 1 unspecified atom stereocenters. The predicted octanol–water partition coefficient (Wildman–Crippen LogP) is 3.80. The maximum Gasteiger partial charge on any atom is 0.289 e. The van der Waals surface area contributed by atoms with Crippen molar-refractivity contribution >= 4 is 29.1 Å². The Bertz CT molecular complexity index is 642. The molecule has 110 valence electrons. The summed E-state index contributed by atoms with van der Waals surface area (Å²) in [5, 5.41) is 1.11. The van der Waals surface area contributed by atoms with Crippen molar-refractivity contribution in [2.24, 2.45) is 0 Å². The summed E-state index contributed by atoms with van der Waals surface area (Å²) in [6.07, 6.45) is 1.23. The molecule has 1 aromatic carbocycles. The number of nitrogens with zero attached hydrogens (tertiary/aromatic N) is 1. The largest absolute Gasteiger partial charge is 0.459 e. The zero-order chi connectivity index (χ0) is 14.8. The van der Waals surface area contributed by atoms with E-state index in [-0.39, 0.29) is 12.0 Å². The van der Waals surface area contributed by atoms with E-state index < -0.39 is 0 Å². The van der Waals surface area contributed by atoms with Gasteiger partial charge in [-0.3, -0.25) is 4.79 Å². The Hall–Kier alpha value is -1.49. The van der Waals surface area contributed by atoms with Crippen LogP contribution in [-0.2, 0) is 4.74 Å². The third-order valence-electron chi connectivity index (χ3n) is 3.40. The van der Waals surface area contributed by atoms with Crippen molar-refractivity contribution in [1.82, 2.24) is 4.90 Å². The maximum absolute atomic E-state index is 12.3. The van der Waals surface area contributed by atoms with Gasteiger partial charge in [-0.25, -0.2) is 0 Å². The number of amides is 1. The number of carbonyl (C=O) groups is 1. The number of halogens is 2. The van der Waals surface area contributed by atoms with Crippen molar-refractivity contribution in [3.05, 3.63) is 58.0 Å². The van der Waals surface area contributed by atoms with Crippen molar-refractivity contribution in [3.63, 3.8) is 0 Å². The Labute approximate surface area is 132 Å². The van der Waals surface area contributed by atoms with E-state index in [0.717, 1.165) is 5.56 Å². The highest BCUT2D eigenvalue weighted by atomic mass is 35.5. The van der Waals surface area contributed by atoms with Gasteiger partial charge in [0.05, 0.1) is 19.4 Å². The number of ether oxygens (including phenoxy) is 1. The van der Waals surface area contributed by atoms with Gasteiger partial charge in [-0.1, -0.05) is 29.3 Å². The summed E-state index contributed by atoms with van der Waals surface area (Å²) < 4.78 is 10.9. The fraction of sp³-hybridized carbons (Fsp3) is 0.267. The minimum Gasteiger partial charge on any atom is -0.459 e. The van der Waals surface area contributed by atoms with Gasteiger partial charge in [-0.15, -0.1) is 0 Å². The highest BCUT2D eigenvalue weighted by Gasteiger charge is 2.28. The first-order valence-electron chi connectivity index (χ1n) is 6.54. The van der Waals surface area contributed by atoms with E-state index in [1.165, 1.54) is 6.26 Å². The zero-order valence-corrected chi connectivity index (χ0v) is 12.6. The van der Waals surface area contributed by atoms with Crippen LogP contribution in [0, 0.1) is 0 Å². The Morgan fingerprint density at radius 2 is 2.14 bits per heavy atom. The normalized spacial score (nSPS) is 18.8. The summed E-state index contributed by atoms with van der Waals surface area (Å²) in [5.74, 6) is 0.191. The Morgan fingerprint density at radius 1 is 1.29 bits per heavy atom. The van der Waals surface area contributed by atoms with E-state index in [4.69, 9.17) is 32.4 Å². The average Bonchev–Trinajstić information content (AvgIpc) is 3.01. The molecule has 6 heteroatoms. The first kappa shape index (κ1) is 14.4. The van der Waals surface area contributed by atoms with Gasteiger partial charge in [-0.2, -0.15) is 0 Å². The van der Waals surface area contributed by atoms with Crippen molar-refractivity contribution in [2.45, 2.75) is 6.10 Å². The summed E-state index contributed by atoms with van der Waals surface area (Å²) in [6, 6.07) is 8.62. The molecule has 0 bridgehead atoms. The molecule has 2 aromatic rings. The molecule has 1 saturated heterocycles. The standard InChI is InChI=1S/C15H13Cl2NO3/c16-10-3-4-11(12(17)8-10)14-9-18(5-7-21-14)15(19)13-2-1-6-20-13/h1-4,6,8,14H,5,7,9H2. The van der Waals surface area contributed by atoms with E-state index in [0.29, 0.717) is 35.5 Å². The molecule has 0 aliphatic carbocycles. The molecule has 4 nitrogen and oxygen atoms in total. The van der Waals surface area contributed by atoms with Crippen LogP contribution in [0.15, 0.2) is 41.0 Å². The molecule has 0 radical (unpaired) electrons. The van der Waals surface area contributed by atoms with E-state index in [1.807, 2.05) is 6.07 Å². The van der Waals surface area contributed by atoms with Crippen LogP contribution < -0.4 is 0 Å². The van der Waals surface area contributed by atoms with Crippen LogP contribution in [0.25, 0.3) is 0 Å². The molecule has 1 aliphatic heterocycles. The number of carbonyl (C=O) groups excluding carboxylic acids is 1. The van der Waals surface area contributed by atoms with E-state index in [9.17, 15) is 4.79 Å². The highest BCUT2D eigenvalue weighted by molar-refractivity contribution is 6.35. The second-order valence-corrected chi connectivity index (χ2v) is 5.60. The molecule has 1 aromatic heterocycles. The van der Waals surface area contributed by atoms with Crippen molar-refractivity contribution in [2.75, 3.05) is 19.7 Å². The lowest BCUT2D eigenvalue weighted by atomic mass is 10.1. The molecule has 21 heavy (non-hydrogen) atoms. The molecule has 3 rings (SSSR count). The lowest BCUT2D eigenvalue weighted by Gasteiger charge is -2.33. The van der Waals surface area contributed by atoms with E-state index in [2.05, 4.69) is 0 Å². The Balaban J connectivity index is 1.78. The van der Waals surface area contributed by atoms with Gasteiger partial charge in [0, 0.05) is 22.2 Å². The minimum atomic E-state index is -0.262. The molecule has 1 atom stereocenters. The molecule has 1 amide bonds. The average molecular weight is 326 g/mol. The first-order chi connectivity index (χ1) is 10.1. The molecule has 2 heterocycles. The molecule has 1 aliphatic rings. The van der Waals surface area contributed by atoms with Crippen LogP contribution in [-0.4, -0.2) is 30.5 Å². The molecule has 1 fully saturated rings. The second-order valence-electron chi connectivity index (χ2n) is 4.75. The van der Waals surface area contributed by atoms with E-state index in [1.54, 1.807) is 29.2 Å². The van der Waals surface area contributed by atoms with Crippen LogP contribution in [0.1, 0.15) is 22.2 Å². The van der Waals surface area contributed by atoms with Crippen LogP contribution in [0.3, 0.4) is 0 Å². The Kier molecular flexibility index (Phi) is 4.19. The van der Waals surface area contributed by atoms with Gasteiger partial charge in [0.25, 0.3) is 5.91 Å². The number of morpholine rings is 1. The SMILES string of the molecule is O=C(c1ccco1)N1CCOC(c2ccc(Cl)cc2Cl)C1. The lowest BCUT2D eigenvalue weighted by Crippen LogP contribution is -2.42. The summed E-state index contributed by atoms with van der Waals surface area (Å²) in [4.78, 5) is 14.0. The second kappa shape index (κ2) is 6.10.